The van der Waals surface area contributed by atoms with Crippen LogP contribution < -0.4 is 16.8 Å². The zero-order valence-electron chi connectivity index (χ0n) is 14.2. The van der Waals surface area contributed by atoms with Crippen LogP contribution in [0.4, 0.5) is 11.6 Å². The Balaban J connectivity index is 1.92. The quantitative estimate of drug-likeness (QED) is 0.619. The SMILES string of the molecule is Cc1ccc(Nc2ncc3cnn(C(C)/C(N)=C/C=C\N)c3n2)cc1. The Kier molecular flexibility index (Phi) is 4.65. The van der Waals surface area contributed by atoms with Gasteiger partial charge in [-0.1, -0.05) is 17.7 Å². The number of nitrogens with one attached hydrogen (secondary N) is 1. The smallest absolute Gasteiger partial charge is 0.229 e. The summed E-state index contributed by atoms with van der Waals surface area (Å²) in [6.07, 6.45) is 8.36. The summed E-state index contributed by atoms with van der Waals surface area (Å²) in [6.45, 7) is 4.00. The van der Waals surface area contributed by atoms with Gasteiger partial charge >= 0.3 is 0 Å². The first-order valence-electron chi connectivity index (χ1n) is 7.96. The second-order valence-corrected chi connectivity index (χ2v) is 5.78. The number of aryl methyl sites for hydroxylation is 1. The second-order valence-electron chi connectivity index (χ2n) is 5.78. The van der Waals surface area contributed by atoms with Crippen molar-refractivity contribution in [1.82, 2.24) is 19.7 Å². The highest BCUT2D eigenvalue weighted by Crippen LogP contribution is 2.21. The molecular weight excluding hydrogens is 314 g/mol. The molecule has 3 aromatic rings. The highest BCUT2D eigenvalue weighted by molar-refractivity contribution is 5.75. The van der Waals surface area contributed by atoms with Crippen molar-refractivity contribution < 1.29 is 0 Å². The van der Waals surface area contributed by atoms with Crippen molar-refractivity contribution in [3.63, 3.8) is 0 Å². The fourth-order valence-electron chi connectivity index (χ4n) is 2.39. The molecule has 1 unspecified atom stereocenters. The van der Waals surface area contributed by atoms with Gasteiger partial charge in [0.2, 0.25) is 5.95 Å². The van der Waals surface area contributed by atoms with E-state index in [1.165, 1.54) is 11.8 Å². The number of benzene rings is 1. The Morgan fingerprint density at radius 1 is 1.24 bits per heavy atom. The van der Waals surface area contributed by atoms with E-state index in [0.717, 1.165) is 11.1 Å². The third-order valence-corrected chi connectivity index (χ3v) is 3.89. The summed E-state index contributed by atoms with van der Waals surface area (Å²) in [5.41, 5.74) is 14.9. The number of nitrogens with zero attached hydrogens (tertiary/aromatic N) is 4. The van der Waals surface area contributed by atoms with Crippen LogP contribution in [-0.4, -0.2) is 19.7 Å². The first-order chi connectivity index (χ1) is 12.1. The molecule has 2 aromatic heterocycles. The van der Waals surface area contributed by atoms with Crippen molar-refractivity contribution in [2.75, 3.05) is 5.32 Å². The molecule has 0 aliphatic carbocycles. The van der Waals surface area contributed by atoms with Crippen molar-refractivity contribution in [2.45, 2.75) is 19.9 Å². The molecule has 0 radical (unpaired) electrons. The van der Waals surface area contributed by atoms with Crippen LogP contribution in [0, 0.1) is 6.92 Å². The van der Waals surface area contributed by atoms with Crippen LogP contribution in [0.1, 0.15) is 18.5 Å². The molecule has 0 bridgehead atoms. The van der Waals surface area contributed by atoms with Gasteiger partial charge in [0.25, 0.3) is 0 Å². The van der Waals surface area contributed by atoms with Crippen LogP contribution in [-0.2, 0) is 0 Å². The van der Waals surface area contributed by atoms with E-state index >= 15 is 0 Å². The van der Waals surface area contributed by atoms with E-state index in [2.05, 4.69) is 20.4 Å². The van der Waals surface area contributed by atoms with Gasteiger partial charge in [-0.2, -0.15) is 10.1 Å². The average molecular weight is 335 g/mol. The Labute approximate surface area is 146 Å². The molecule has 0 aliphatic heterocycles. The first kappa shape index (κ1) is 16.5. The molecular formula is C18H21N7. The zero-order valence-corrected chi connectivity index (χ0v) is 14.2. The summed E-state index contributed by atoms with van der Waals surface area (Å²) in [4.78, 5) is 8.93. The number of nitrogens with two attached hydrogens (primary N) is 2. The minimum absolute atomic E-state index is 0.157. The maximum atomic E-state index is 6.10. The Morgan fingerprint density at radius 2 is 2.00 bits per heavy atom. The van der Waals surface area contributed by atoms with Gasteiger partial charge in [0, 0.05) is 17.6 Å². The highest BCUT2D eigenvalue weighted by atomic mass is 15.3. The number of rotatable bonds is 5. The number of hydrogen-bond donors (Lipinski definition) is 3. The summed E-state index contributed by atoms with van der Waals surface area (Å²) >= 11 is 0. The molecule has 1 aromatic carbocycles. The third-order valence-electron chi connectivity index (χ3n) is 3.89. The molecule has 5 N–H and O–H groups in total. The van der Waals surface area contributed by atoms with Crippen LogP contribution in [0.15, 0.2) is 60.7 Å². The van der Waals surface area contributed by atoms with Crippen molar-refractivity contribution in [2.24, 2.45) is 11.5 Å². The van der Waals surface area contributed by atoms with Crippen molar-refractivity contribution in [1.29, 1.82) is 0 Å². The number of hydrogen-bond acceptors (Lipinski definition) is 6. The monoisotopic (exact) mass is 335 g/mol. The third kappa shape index (κ3) is 3.60. The summed E-state index contributed by atoms with van der Waals surface area (Å²) in [7, 11) is 0. The lowest BCUT2D eigenvalue weighted by Gasteiger charge is -2.13. The van der Waals surface area contributed by atoms with Crippen LogP contribution in [0.2, 0.25) is 0 Å². The first-order valence-corrected chi connectivity index (χ1v) is 7.96. The molecule has 7 nitrogen and oxygen atoms in total. The number of aromatic nitrogens is 4. The topological polar surface area (TPSA) is 108 Å². The van der Waals surface area contributed by atoms with Gasteiger partial charge in [-0.15, -0.1) is 0 Å². The number of fused-ring (bicyclic) bond motifs is 1. The minimum Gasteiger partial charge on any atom is -0.405 e. The molecule has 3 rings (SSSR count). The molecule has 7 heteroatoms. The maximum Gasteiger partial charge on any atom is 0.229 e. The van der Waals surface area contributed by atoms with E-state index < -0.39 is 0 Å². The van der Waals surface area contributed by atoms with E-state index in [0.29, 0.717) is 17.3 Å². The van der Waals surface area contributed by atoms with E-state index in [1.807, 2.05) is 38.1 Å². The molecule has 0 saturated carbocycles. The summed E-state index contributed by atoms with van der Waals surface area (Å²) in [6, 6.07) is 7.88. The molecule has 0 aliphatic rings. The normalized spacial score (nSPS) is 13.4. The van der Waals surface area contributed by atoms with Gasteiger partial charge in [0.05, 0.1) is 17.6 Å². The van der Waals surface area contributed by atoms with E-state index in [-0.39, 0.29) is 6.04 Å². The molecule has 25 heavy (non-hydrogen) atoms. The van der Waals surface area contributed by atoms with Crippen LogP contribution in [0.5, 0.6) is 0 Å². The lowest BCUT2D eigenvalue weighted by atomic mass is 10.2. The Bertz CT molecular complexity index is 922. The van der Waals surface area contributed by atoms with Crippen LogP contribution in [0.3, 0.4) is 0 Å². The number of allylic oxidation sites excluding steroid dienone is 3. The molecule has 0 amide bonds. The Morgan fingerprint density at radius 3 is 2.72 bits per heavy atom. The summed E-state index contributed by atoms with van der Waals surface area (Å²) in [5.74, 6) is 0.509. The largest absolute Gasteiger partial charge is 0.405 e. The predicted molar refractivity (Wildman–Crippen MR) is 100 cm³/mol. The van der Waals surface area contributed by atoms with Crippen LogP contribution in [0.25, 0.3) is 11.0 Å². The molecule has 1 atom stereocenters. The fraction of sp³-hybridized carbons (Fsp3) is 0.167. The molecule has 0 fully saturated rings. The maximum absolute atomic E-state index is 6.10. The van der Waals surface area contributed by atoms with Gasteiger partial charge in [-0.05, 0) is 44.3 Å². The Hall–Kier alpha value is -3.35. The molecule has 0 spiro atoms. The average Bonchev–Trinajstić information content (AvgIpc) is 3.04. The van der Waals surface area contributed by atoms with E-state index in [1.54, 1.807) is 29.2 Å². The lowest BCUT2D eigenvalue weighted by molar-refractivity contribution is 0.564. The van der Waals surface area contributed by atoms with Crippen molar-refractivity contribution in [3.05, 3.63) is 66.3 Å². The highest BCUT2D eigenvalue weighted by Gasteiger charge is 2.14. The van der Waals surface area contributed by atoms with Gasteiger partial charge in [0.15, 0.2) is 5.65 Å². The molecule has 0 saturated heterocycles. The van der Waals surface area contributed by atoms with Crippen molar-refractivity contribution >= 4 is 22.7 Å². The fourth-order valence-corrected chi connectivity index (χ4v) is 2.39. The van der Waals surface area contributed by atoms with Gasteiger partial charge in [0.1, 0.15) is 0 Å². The van der Waals surface area contributed by atoms with Crippen LogP contribution >= 0.6 is 0 Å². The van der Waals surface area contributed by atoms with Gasteiger partial charge in [-0.25, -0.2) is 9.67 Å². The number of anilines is 2. The molecule has 128 valence electrons. The minimum atomic E-state index is -0.157. The zero-order chi connectivity index (χ0) is 17.8. The molecule has 2 heterocycles. The predicted octanol–water partition coefficient (Wildman–Crippen LogP) is 2.75. The van der Waals surface area contributed by atoms with Crippen molar-refractivity contribution in [3.8, 4) is 0 Å². The lowest BCUT2D eigenvalue weighted by Crippen LogP contribution is -2.16. The second kappa shape index (κ2) is 7.04. The summed E-state index contributed by atoms with van der Waals surface area (Å²) in [5, 5.41) is 8.45. The van der Waals surface area contributed by atoms with E-state index in [4.69, 9.17) is 11.5 Å². The van der Waals surface area contributed by atoms with Gasteiger partial charge < -0.3 is 16.8 Å². The standard InChI is InChI=1S/C18H21N7/c1-12-5-7-15(8-6-12)23-18-21-10-14-11-22-25(17(14)24-18)13(2)16(20)4-3-9-19/h3-11,13H,19-20H2,1-2H3,(H,21,23,24)/b9-3-,16-4-. The summed E-state index contributed by atoms with van der Waals surface area (Å²) < 4.78 is 1.77. The van der Waals surface area contributed by atoms with Gasteiger partial charge in [-0.3, -0.25) is 0 Å². The van der Waals surface area contributed by atoms with E-state index in [9.17, 15) is 0 Å².